The molecule has 0 saturated carbocycles. The van der Waals surface area contributed by atoms with Crippen molar-refractivity contribution in [2.75, 3.05) is 23.3 Å². The number of benzene rings is 3. The minimum Gasteiger partial charge on any atom is -0.366 e. The Labute approximate surface area is 215 Å². The van der Waals surface area contributed by atoms with E-state index in [2.05, 4.69) is 10.3 Å². The first-order chi connectivity index (χ1) is 16.9. The number of carbonyl (C=O) groups is 1. The molecule has 1 amide bonds. The fourth-order valence-electron chi connectivity index (χ4n) is 4.26. The van der Waals surface area contributed by atoms with Crippen LogP contribution in [0.1, 0.15) is 29.6 Å². The van der Waals surface area contributed by atoms with Crippen molar-refractivity contribution in [1.82, 2.24) is 4.98 Å². The van der Waals surface area contributed by atoms with Gasteiger partial charge in [0.2, 0.25) is 0 Å². The molecule has 1 aliphatic heterocycles. The molecule has 10 heteroatoms. The second kappa shape index (κ2) is 9.81. The van der Waals surface area contributed by atoms with Crippen molar-refractivity contribution in [3.8, 4) is 10.6 Å². The number of nitrogens with zero attached hydrogens (tertiary/aromatic N) is 3. The minimum absolute atomic E-state index is 0.0897. The number of fused-ring (bicyclic) bond motifs is 1. The van der Waals surface area contributed by atoms with Gasteiger partial charge in [-0.25, -0.2) is 4.98 Å². The van der Waals surface area contributed by atoms with Gasteiger partial charge in [-0.3, -0.25) is 14.9 Å². The smallest absolute Gasteiger partial charge is 0.293 e. The summed E-state index contributed by atoms with van der Waals surface area (Å²) in [5.41, 5.74) is 2.36. The molecule has 1 aromatic heterocycles. The zero-order chi connectivity index (χ0) is 24.5. The molecule has 1 fully saturated rings. The van der Waals surface area contributed by atoms with Gasteiger partial charge >= 0.3 is 0 Å². The third-order valence-corrected chi connectivity index (χ3v) is 7.53. The molecule has 7 nitrogen and oxygen atoms in total. The van der Waals surface area contributed by atoms with Gasteiger partial charge in [0, 0.05) is 35.3 Å². The van der Waals surface area contributed by atoms with Gasteiger partial charge in [-0.15, -0.1) is 11.3 Å². The van der Waals surface area contributed by atoms with Crippen molar-refractivity contribution in [1.29, 1.82) is 0 Å². The molecule has 2 heterocycles. The van der Waals surface area contributed by atoms with E-state index in [1.165, 1.54) is 23.5 Å². The Balaban J connectivity index is 1.50. The molecule has 3 aromatic carbocycles. The first-order valence-corrected chi connectivity index (χ1v) is 12.7. The van der Waals surface area contributed by atoms with Gasteiger partial charge < -0.3 is 10.2 Å². The number of hydrogen-bond acceptors (Lipinski definition) is 6. The molecular formula is C25H20Cl2N4O3S. The Kier molecular flexibility index (Phi) is 6.60. The summed E-state index contributed by atoms with van der Waals surface area (Å²) in [7, 11) is 0. The van der Waals surface area contributed by atoms with Crippen LogP contribution >= 0.6 is 34.5 Å². The number of carbonyl (C=O) groups excluding carboxylic acids is 1. The van der Waals surface area contributed by atoms with Crippen molar-refractivity contribution in [2.45, 2.75) is 19.3 Å². The lowest BCUT2D eigenvalue weighted by Gasteiger charge is -2.28. The number of rotatable bonds is 5. The number of anilines is 2. The monoisotopic (exact) mass is 526 g/mol. The Hall–Kier alpha value is -3.20. The molecule has 0 bridgehead atoms. The van der Waals surface area contributed by atoms with Crippen LogP contribution in [-0.2, 0) is 0 Å². The van der Waals surface area contributed by atoms with Crippen LogP contribution in [0.4, 0.5) is 17.1 Å². The molecule has 0 radical (unpaired) electrons. The number of para-hydroxylation sites is 1. The maximum Gasteiger partial charge on any atom is 0.293 e. The summed E-state index contributed by atoms with van der Waals surface area (Å²) in [4.78, 5) is 31.3. The highest BCUT2D eigenvalue weighted by Gasteiger charge is 2.24. The predicted octanol–water partition coefficient (Wildman–Crippen LogP) is 7.42. The highest BCUT2D eigenvalue weighted by Crippen LogP contribution is 2.41. The van der Waals surface area contributed by atoms with Crippen molar-refractivity contribution in [3.05, 3.63) is 80.3 Å². The van der Waals surface area contributed by atoms with Gasteiger partial charge in [-0.1, -0.05) is 35.3 Å². The van der Waals surface area contributed by atoms with Gasteiger partial charge in [0.15, 0.2) is 0 Å². The fourth-order valence-corrected chi connectivity index (χ4v) is 5.78. The molecule has 1 saturated heterocycles. The summed E-state index contributed by atoms with van der Waals surface area (Å²) in [6.45, 7) is 1.52. The largest absolute Gasteiger partial charge is 0.366 e. The molecule has 0 aliphatic carbocycles. The third-order valence-electron chi connectivity index (χ3n) is 5.95. The number of halogens is 2. The van der Waals surface area contributed by atoms with E-state index in [0.717, 1.165) is 42.6 Å². The standard InChI is InChI=1S/C25H20Cl2N4O3S/c26-16-13-17(25-28-19-6-2-3-7-22(19)35-25)23(18(27)14-16)29-24(32)15-8-9-20(21(12-15)31(33)34)30-10-4-1-5-11-30/h2-3,6-9,12-14H,1,4-5,10-11H2,(H,29,32). The van der Waals surface area contributed by atoms with Gasteiger partial charge in [0.25, 0.3) is 11.6 Å². The third kappa shape index (κ3) is 4.82. The van der Waals surface area contributed by atoms with Crippen LogP contribution in [0.25, 0.3) is 20.8 Å². The Morgan fingerprint density at radius 2 is 1.83 bits per heavy atom. The number of nitrogens with one attached hydrogen (secondary N) is 1. The van der Waals surface area contributed by atoms with Crippen molar-refractivity contribution in [2.24, 2.45) is 0 Å². The zero-order valence-electron chi connectivity index (χ0n) is 18.5. The van der Waals surface area contributed by atoms with E-state index in [1.54, 1.807) is 18.2 Å². The number of piperidine rings is 1. The topological polar surface area (TPSA) is 88.4 Å². The predicted molar refractivity (Wildman–Crippen MR) is 142 cm³/mol. The van der Waals surface area contributed by atoms with Crippen LogP contribution in [0, 0.1) is 10.1 Å². The van der Waals surface area contributed by atoms with Gasteiger partial charge in [0.1, 0.15) is 10.7 Å². The number of amides is 1. The van der Waals surface area contributed by atoms with Crippen LogP contribution in [-0.4, -0.2) is 28.9 Å². The summed E-state index contributed by atoms with van der Waals surface area (Å²) in [5, 5.41) is 16.0. The highest BCUT2D eigenvalue weighted by molar-refractivity contribution is 7.21. The Bertz CT molecular complexity index is 1420. The second-order valence-corrected chi connectivity index (χ2v) is 10.1. The molecule has 35 heavy (non-hydrogen) atoms. The molecule has 1 aliphatic rings. The molecule has 178 valence electrons. The molecule has 5 rings (SSSR count). The van der Waals surface area contributed by atoms with E-state index < -0.39 is 10.8 Å². The number of hydrogen-bond donors (Lipinski definition) is 1. The summed E-state index contributed by atoms with van der Waals surface area (Å²) < 4.78 is 0.986. The maximum absolute atomic E-state index is 13.2. The van der Waals surface area contributed by atoms with Crippen LogP contribution in [0.15, 0.2) is 54.6 Å². The van der Waals surface area contributed by atoms with E-state index in [-0.39, 0.29) is 16.3 Å². The fraction of sp³-hybridized carbons (Fsp3) is 0.200. The average molecular weight is 527 g/mol. The molecule has 0 unspecified atom stereocenters. The first-order valence-electron chi connectivity index (χ1n) is 11.1. The van der Waals surface area contributed by atoms with Crippen LogP contribution in [0.2, 0.25) is 10.0 Å². The zero-order valence-corrected chi connectivity index (χ0v) is 20.8. The normalized spacial score (nSPS) is 13.7. The van der Waals surface area contributed by atoms with Gasteiger partial charge in [0.05, 0.1) is 25.8 Å². The second-order valence-electron chi connectivity index (χ2n) is 8.26. The van der Waals surface area contributed by atoms with Crippen LogP contribution in [0.3, 0.4) is 0 Å². The molecule has 0 atom stereocenters. The van der Waals surface area contributed by atoms with Crippen LogP contribution in [0.5, 0.6) is 0 Å². The van der Waals surface area contributed by atoms with Crippen LogP contribution < -0.4 is 10.2 Å². The van der Waals surface area contributed by atoms with E-state index in [0.29, 0.717) is 27.0 Å². The van der Waals surface area contributed by atoms with E-state index >= 15 is 0 Å². The van der Waals surface area contributed by atoms with Crippen molar-refractivity contribution in [3.63, 3.8) is 0 Å². The van der Waals surface area contributed by atoms with Gasteiger partial charge in [-0.2, -0.15) is 0 Å². The van der Waals surface area contributed by atoms with Crippen molar-refractivity contribution >= 4 is 67.7 Å². The van der Waals surface area contributed by atoms with Crippen molar-refractivity contribution < 1.29 is 9.72 Å². The molecular weight excluding hydrogens is 507 g/mol. The number of nitro groups is 1. The van der Waals surface area contributed by atoms with E-state index in [4.69, 9.17) is 23.2 Å². The SMILES string of the molecule is O=C(Nc1c(Cl)cc(Cl)cc1-c1nc2ccccc2s1)c1ccc(N2CCCCC2)c([N+](=O)[O-])c1. The summed E-state index contributed by atoms with van der Waals surface area (Å²) in [6.07, 6.45) is 3.09. The maximum atomic E-state index is 13.2. The van der Waals surface area contributed by atoms with E-state index in [9.17, 15) is 14.9 Å². The lowest BCUT2D eigenvalue weighted by molar-refractivity contribution is -0.384. The number of nitro benzene ring substituents is 1. The number of thiazole rings is 1. The summed E-state index contributed by atoms with van der Waals surface area (Å²) >= 11 is 14.2. The molecule has 0 spiro atoms. The molecule has 1 N–H and O–H groups in total. The molecule has 4 aromatic rings. The highest BCUT2D eigenvalue weighted by atomic mass is 35.5. The Morgan fingerprint density at radius 3 is 2.57 bits per heavy atom. The average Bonchev–Trinajstić information content (AvgIpc) is 3.30. The summed E-state index contributed by atoms with van der Waals surface area (Å²) in [6, 6.07) is 15.5. The lowest BCUT2D eigenvalue weighted by Crippen LogP contribution is -2.30. The van der Waals surface area contributed by atoms with E-state index in [1.807, 2.05) is 29.2 Å². The summed E-state index contributed by atoms with van der Waals surface area (Å²) in [5.74, 6) is -0.509. The first kappa shape index (κ1) is 23.5. The number of aromatic nitrogens is 1. The quantitative estimate of drug-likeness (QED) is 0.216. The lowest BCUT2D eigenvalue weighted by atomic mass is 10.1. The minimum atomic E-state index is -0.509. The Morgan fingerprint density at radius 1 is 1.06 bits per heavy atom. The van der Waals surface area contributed by atoms with Gasteiger partial charge in [-0.05, 0) is 55.7 Å².